The summed E-state index contributed by atoms with van der Waals surface area (Å²) >= 11 is 0. The Morgan fingerprint density at radius 3 is 2.52 bits per heavy atom. The average Bonchev–Trinajstić information content (AvgIpc) is 3.41. The number of hydrogen-bond donors (Lipinski definition) is 1. The van der Waals surface area contributed by atoms with Crippen LogP contribution in [0.1, 0.15) is 21.9 Å². The maximum atomic E-state index is 13.8. The van der Waals surface area contributed by atoms with E-state index < -0.39 is 17.8 Å². The zero-order valence-corrected chi connectivity index (χ0v) is 17.3. The summed E-state index contributed by atoms with van der Waals surface area (Å²) in [7, 11) is 1.74. The van der Waals surface area contributed by atoms with E-state index >= 15 is 0 Å². The third kappa shape index (κ3) is 4.02. The minimum Gasteiger partial charge on any atom is -0.345 e. The molecule has 3 aromatic heterocycles. The highest BCUT2D eigenvalue weighted by Gasteiger charge is 2.35. The van der Waals surface area contributed by atoms with E-state index in [4.69, 9.17) is 0 Å². The lowest BCUT2D eigenvalue weighted by atomic mass is 10.0. The van der Waals surface area contributed by atoms with Crippen molar-refractivity contribution < 1.29 is 18.0 Å². The van der Waals surface area contributed by atoms with Crippen molar-refractivity contribution >= 4 is 22.3 Å². The van der Waals surface area contributed by atoms with Crippen molar-refractivity contribution in [1.82, 2.24) is 29.7 Å². The monoisotopic (exact) mass is 450 g/mol. The molecule has 1 amide bonds. The molecular weight excluding hydrogens is 433 g/mol. The minimum atomic E-state index is -4.69. The molecule has 0 fully saturated rings. The molecular formula is C23H17F3N6O. The maximum absolute atomic E-state index is 13.8. The van der Waals surface area contributed by atoms with Crippen LogP contribution >= 0.6 is 0 Å². The van der Waals surface area contributed by atoms with E-state index in [2.05, 4.69) is 20.5 Å². The van der Waals surface area contributed by atoms with Crippen LogP contribution in [0.4, 0.5) is 13.2 Å². The zero-order chi connectivity index (χ0) is 23.2. The van der Waals surface area contributed by atoms with Gasteiger partial charge in [-0.2, -0.15) is 23.4 Å². The van der Waals surface area contributed by atoms with Gasteiger partial charge in [0.1, 0.15) is 0 Å². The molecule has 0 unspecified atom stereocenters. The second-order valence-electron chi connectivity index (χ2n) is 7.55. The molecule has 3 heterocycles. The van der Waals surface area contributed by atoms with E-state index in [1.54, 1.807) is 36.1 Å². The summed E-state index contributed by atoms with van der Waals surface area (Å²) in [5.41, 5.74) is 0.0299. The van der Waals surface area contributed by atoms with Gasteiger partial charge in [-0.1, -0.05) is 36.4 Å². The summed E-state index contributed by atoms with van der Waals surface area (Å²) in [6.07, 6.45) is -2.97. The Morgan fingerprint density at radius 1 is 1.00 bits per heavy atom. The van der Waals surface area contributed by atoms with Crippen LogP contribution < -0.4 is 5.32 Å². The summed E-state index contributed by atoms with van der Waals surface area (Å²) in [5.74, 6) is -0.619. The van der Waals surface area contributed by atoms with Gasteiger partial charge in [0.15, 0.2) is 17.0 Å². The van der Waals surface area contributed by atoms with Crippen molar-refractivity contribution in [2.45, 2.75) is 12.7 Å². The van der Waals surface area contributed by atoms with E-state index in [0.717, 1.165) is 16.8 Å². The van der Waals surface area contributed by atoms with Gasteiger partial charge in [-0.25, -0.2) is 9.50 Å². The molecule has 10 heteroatoms. The van der Waals surface area contributed by atoms with Crippen molar-refractivity contribution in [3.05, 3.63) is 83.9 Å². The van der Waals surface area contributed by atoms with E-state index in [-0.39, 0.29) is 23.6 Å². The van der Waals surface area contributed by atoms with Crippen molar-refractivity contribution in [3.63, 3.8) is 0 Å². The number of nitrogens with one attached hydrogen (secondary N) is 1. The molecule has 0 radical (unpaired) electrons. The lowest BCUT2D eigenvalue weighted by molar-refractivity contribution is -0.142. The van der Waals surface area contributed by atoms with Gasteiger partial charge in [-0.3, -0.25) is 9.48 Å². The van der Waals surface area contributed by atoms with Crippen LogP contribution in [0, 0.1) is 0 Å². The van der Waals surface area contributed by atoms with Crippen LogP contribution in [0.3, 0.4) is 0 Å². The molecule has 1 N–H and O–H groups in total. The quantitative estimate of drug-likeness (QED) is 0.445. The number of carbonyl (C=O) groups is 1. The number of benzene rings is 2. The standard InChI is InChI=1S/C23H17F3N6O/c1-31-9-8-17(29-31)13-27-22(33)19-12-21-28-18(11-20(23(24,25)26)32(21)30-19)16-7-6-14-4-2-3-5-15(14)10-16/h2-12H,13H2,1H3,(H,27,33). The Kier molecular flexibility index (Phi) is 4.85. The number of nitrogens with zero attached hydrogens (tertiary/aromatic N) is 5. The Labute approximate surface area is 185 Å². The highest BCUT2D eigenvalue weighted by atomic mass is 19.4. The van der Waals surface area contributed by atoms with Gasteiger partial charge >= 0.3 is 6.18 Å². The zero-order valence-electron chi connectivity index (χ0n) is 17.3. The summed E-state index contributed by atoms with van der Waals surface area (Å²) in [6, 6.07) is 16.8. The number of hydrogen-bond acceptors (Lipinski definition) is 4. The van der Waals surface area contributed by atoms with Gasteiger partial charge in [0.25, 0.3) is 5.91 Å². The van der Waals surface area contributed by atoms with Crippen LogP contribution in [-0.4, -0.2) is 30.3 Å². The fourth-order valence-corrected chi connectivity index (χ4v) is 3.60. The Morgan fingerprint density at radius 2 is 1.79 bits per heavy atom. The topological polar surface area (TPSA) is 77.1 Å². The maximum Gasteiger partial charge on any atom is 0.433 e. The normalized spacial score (nSPS) is 11.9. The SMILES string of the molecule is Cn1ccc(CNC(=O)c2cc3nc(-c4ccc5ccccc5c4)cc(C(F)(F)F)n3n2)n1. The van der Waals surface area contributed by atoms with Crippen LogP contribution in [0.15, 0.2) is 66.9 Å². The minimum absolute atomic E-state index is 0.0732. The van der Waals surface area contributed by atoms with E-state index in [1.165, 1.54) is 6.07 Å². The van der Waals surface area contributed by atoms with Gasteiger partial charge in [0.05, 0.1) is 17.9 Å². The number of alkyl halides is 3. The second-order valence-corrected chi connectivity index (χ2v) is 7.55. The van der Waals surface area contributed by atoms with Crippen molar-refractivity contribution in [1.29, 1.82) is 0 Å². The first-order valence-electron chi connectivity index (χ1n) is 10.0. The fraction of sp³-hybridized carbons (Fsp3) is 0.130. The highest BCUT2D eigenvalue weighted by Crippen LogP contribution is 2.33. The molecule has 0 aliphatic carbocycles. The first kappa shape index (κ1) is 20.7. The number of carbonyl (C=O) groups excluding carboxylic acids is 1. The number of amides is 1. The molecule has 166 valence electrons. The predicted octanol–water partition coefficient (Wildman–Crippen LogP) is 4.23. The molecule has 0 saturated carbocycles. The van der Waals surface area contributed by atoms with Gasteiger partial charge < -0.3 is 5.32 Å². The number of aromatic nitrogens is 5. The summed E-state index contributed by atoms with van der Waals surface area (Å²) in [5, 5.41) is 12.5. The smallest absolute Gasteiger partial charge is 0.345 e. The second kappa shape index (κ2) is 7.73. The Balaban J connectivity index is 1.54. The molecule has 0 spiro atoms. The molecule has 7 nitrogen and oxygen atoms in total. The van der Waals surface area contributed by atoms with Crippen LogP contribution in [0.2, 0.25) is 0 Å². The molecule has 2 aromatic carbocycles. The molecule has 5 rings (SSSR count). The van der Waals surface area contributed by atoms with Crippen LogP contribution in [0.5, 0.6) is 0 Å². The van der Waals surface area contributed by atoms with Gasteiger partial charge in [0, 0.05) is 24.9 Å². The molecule has 0 aliphatic heterocycles. The number of aryl methyl sites for hydroxylation is 1. The molecule has 0 bridgehead atoms. The summed E-state index contributed by atoms with van der Waals surface area (Å²) in [4.78, 5) is 16.9. The lowest BCUT2D eigenvalue weighted by Gasteiger charge is -2.11. The van der Waals surface area contributed by atoms with E-state index in [0.29, 0.717) is 15.8 Å². The fourth-order valence-electron chi connectivity index (χ4n) is 3.60. The molecule has 5 aromatic rings. The van der Waals surface area contributed by atoms with Crippen molar-refractivity contribution in [2.75, 3.05) is 0 Å². The average molecular weight is 450 g/mol. The first-order valence-corrected chi connectivity index (χ1v) is 10.0. The van der Waals surface area contributed by atoms with Crippen molar-refractivity contribution in [3.8, 4) is 11.3 Å². The van der Waals surface area contributed by atoms with Crippen LogP contribution in [-0.2, 0) is 19.8 Å². The van der Waals surface area contributed by atoms with E-state index in [9.17, 15) is 18.0 Å². The summed E-state index contributed by atoms with van der Waals surface area (Å²) in [6.45, 7) is 0.120. The summed E-state index contributed by atoms with van der Waals surface area (Å²) < 4.78 is 43.8. The third-order valence-corrected chi connectivity index (χ3v) is 5.19. The molecule has 0 aliphatic rings. The van der Waals surface area contributed by atoms with Gasteiger partial charge in [-0.05, 0) is 29.0 Å². The number of halogens is 3. The van der Waals surface area contributed by atoms with Gasteiger partial charge in [-0.15, -0.1) is 0 Å². The van der Waals surface area contributed by atoms with Crippen LogP contribution in [0.25, 0.3) is 27.7 Å². The first-order chi connectivity index (χ1) is 15.8. The number of rotatable bonds is 4. The molecule has 0 atom stereocenters. The third-order valence-electron chi connectivity index (χ3n) is 5.19. The Hall–Kier alpha value is -4.21. The number of fused-ring (bicyclic) bond motifs is 2. The largest absolute Gasteiger partial charge is 0.433 e. The van der Waals surface area contributed by atoms with Crippen molar-refractivity contribution in [2.24, 2.45) is 7.05 Å². The Bertz CT molecular complexity index is 1500. The van der Waals surface area contributed by atoms with E-state index in [1.807, 2.05) is 30.3 Å². The highest BCUT2D eigenvalue weighted by molar-refractivity contribution is 5.93. The lowest BCUT2D eigenvalue weighted by Crippen LogP contribution is -2.23. The molecule has 33 heavy (non-hydrogen) atoms. The molecule has 0 saturated heterocycles. The van der Waals surface area contributed by atoms with Gasteiger partial charge in [0.2, 0.25) is 0 Å². The predicted molar refractivity (Wildman–Crippen MR) is 115 cm³/mol.